The Balaban J connectivity index is 2.82. The summed E-state index contributed by atoms with van der Waals surface area (Å²) in [5.41, 5.74) is 6.90. The highest BCUT2D eigenvalue weighted by Gasteiger charge is 2.30. The Morgan fingerprint density at radius 3 is 2.03 bits per heavy atom. The molecule has 0 aromatic heterocycles. The number of hydrogen-bond acceptors (Lipinski definition) is 7. The monoisotopic (exact) mass is 496 g/mol. The summed E-state index contributed by atoms with van der Waals surface area (Å²) in [6.45, 7) is 3.01. The molecule has 1 aromatic rings. The highest BCUT2D eigenvalue weighted by Crippen LogP contribution is 2.08. The van der Waals surface area contributed by atoms with Crippen LogP contribution in [0.25, 0.3) is 0 Å². The Morgan fingerprint density at radius 2 is 1.50 bits per heavy atom. The van der Waals surface area contributed by atoms with Gasteiger partial charge in [-0.15, -0.1) is 0 Å². The number of aliphatic hydroxyl groups is 1. The van der Waals surface area contributed by atoms with E-state index in [2.05, 4.69) is 16.0 Å². The molecule has 34 heavy (non-hydrogen) atoms. The van der Waals surface area contributed by atoms with Crippen LogP contribution in [0, 0.1) is 5.92 Å². The normalized spacial score (nSPS) is 14.5. The van der Waals surface area contributed by atoms with Crippen molar-refractivity contribution in [3.05, 3.63) is 35.9 Å². The zero-order chi connectivity index (χ0) is 25.7. The molecule has 7 N–H and O–H groups in total. The van der Waals surface area contributed by atoms with E-state index in [0.717, 1.165) is 5.56 Å². The summed E-state index contributed by atoms with van der Waals surface area (Å²) in [7, 11) is 0. The maximum atomic E-state index is 12.9. The molecule has 0 fully saturated rings. The molecule has 4 atom stereocenters. The first kappa shape index (κ1) is 29.4. The summed E-state index contributed by atoms with van der Waals surface area (Å²) >= 11 is 1.43. The molecule has 0 aliphatic heterocycles. The van der Waals surface area contributed by atoms with Gasteiger partial charge >= 0.3 is 5.97 Å². The highest BCUT2D eigenvalue weighted by atomic mass is 32.2. The van der Waals surface area contributed by atoms with Crippen LogP contribution in [0.15, 0.2) is 30.3 Å². The third-order valence-corrected chi connectivity index (χ3v) is 5.66. The standard InChI is InChI=1S/C23H36N4O6S/c1-14(2)11-18(26-20(29)16(24)12-15-7-5-4-6-8-15)21(30)27-19(13-28)22(31)25-17(23(32)33)9-10-34-3/h4-8,14,16-19,28H,9-13,24H2,1-3H3,(H,25,31)(H,26,29)(H,27,30)(H,32,33). The number of amides is 3. The molecule has 1 rings (SSSR count). The molecule has 10 nitrogen and oxygen atoms in total. The molecule has 11 heteroatoms. The van der Waals surface area contributed by atoms with Crippen LogP contribution in [-0.2, 0) is 25.6 Å². The minimum absolute atomic E-state index is 0.0331. The van der Waals surface area contributed by atoms with Gasteiger partial charge in [-0.25, -0.2) is 4.79 Å². The van der Waals surface area contributed by atoms with Gasteiger partial charge in [0.05, 0.1) is 12.6 Å². The number of hydrogen-bond donors (Lipinski definition) is 6. The Morgan fingerprint density at radius 1 is 0.941 bits per heavy atom. The van der Waals surface area contributed by atoms with Gasteiger partial charge in [-0.2, -0.15) is 11.8 Å². The van der Waals surface area contributed by atoms with E-state index in [-0.39, 0.29) is 25.2 Å². The summed E-state index contributed by atoms with van der Waals surface area (Å²) in [4.78, 5) is 49.4. The lowest BCUT2D eigenvalue weighted by Crippen LogP contribution is -2.58. The zero-order valence-corrected chi connectivity index (χ0v) is 20.6. The van der Waals surface area contributed by atoms with E-state index in [1.807, 2.05) is 50.4 Å². The second kappa shape index (κ2) is 15.3. The second-order valence-corrected chi connectivity index (χ2v) is 9.40. The molecule has 1 aromatic carbocycles. The number of nitrogens with two attached hydrogens (primary N) is 1. The highest BCUT2D eigenvalue weighted by molar-refractivity contribution is 7.98. The fourth-order valence-electron chi connectivity index (χ4n) is 3.17. The Labute approximate surface area is 204 Å². The summed E-state index contributed by atoms with van der Waals surface area (Å²) in [5, 5.41) is 26.3. The summed E-state index contributed by atoms with van der Waals surface area (Å²) < 4.78 is 0. The third kappa shape index (κ3) is 10.5. The van der Waals surface area contributed by atoms with Crippen LogP contribution >= 0.6 is 11.8 Å². The van der Waals surface area contributed by atoms with Gasteiger partial charge in [-0.3, -0.25) is 14.4 Å². The van der Waals surface area contributed by atoms with Crippen LogP contribution in [-0.4, -0.2) is 76.7 Å². The first-order valence-electron chi connectivity index (χ1n) is 11.1. The summed E-state index contributed by atoms with van der Waals surface area (Å²) in [5.74, 6) is -2.66. The predicted molar refractivity (Wildman–Crippen MR) is 131 cm³/mol. The average Bonchev–Trinajstić information content (AvgIpc) is 2.79. The van der Waals surface area contributed by atoms with E-state index in [1.165, 1.54) is 11.8 Å². The van der Waals surface area contributed by atoms with Crippen molar-refractivity contribution in [1.82, 2.24) is 16.0 Å². The summed E-state index contributed by atoms with van der Waals surface area (Å²) in [6, 6.07) is 4.85. The molecule has 0 spiro atoms. The fraction of sp³-hybridized carbons (Fsp3) is 0.565. The average molecular weight is 497 g/mol. The number of aliphatic carboxylic acids is 1. The van der Waals surface area contributed by atoms with Crippen LogP contribution < -0.4 is 21.7 Å². The van der Waals surface area contributed by atoms with E-state index < -0.39 is 54.5 Å². The lowest BCUT2D eigenvalue weighted by molar-refractivity contribution is -0.142. The predicted octanol–water partition coefficient (Wildman–Crippen LogP) is -0.113. The van der Waals surface area contributed by atoms with Crippen molar-refractivity contribution >= 4 is 35.5 Å². The number of carbonyl (C=O) groups is 4. The number of carboxylic acids is 1. The lowest BCUT2D eigenvalue weighted by Gasteiger charge is -2.25. The number of carboxylic acid groups (broad SMARTS) is 1. The molecular formula is C23H36N4O6S. The van der Waals surface area contributed by atoms with Crippen molar-refractivity contribution in [2.45, 2.75) is 57.3 Å². The smallest absolute Gasteiger partial charge is 0.326 e. The minimum atomic E-state index is -1.37. The minimum Gasteiger partial charge on any atom is -0.480 e. The maximum absolute atomic E-state index is 12.9. The van der Waals surface area contributed by atoms with Crippen molar-refractivity contribution in [1.29, 1.82) is 0 Å². The zero-order valence-electron chi connectivity index (χ0n) is 19.8. The number of thioether (sulfide) groups is 1. The van der Waals surface area contributed by atoms with Crippen LogP contribution in [0.5, 0.6) is 0 Å². The largest absolute Gasteiger partial charge is 0.480 e. The number of benzene rings is 1. The van der Waals surface area contributed by atoms with Crippen LogP contribution in [0.3, 0.4) is 0 Å². The van der Waals surface area contributed by atoms with Crippen LogP contribution in [0.1, 0.15) is 32.3 Å². The molecule has 0 aliphatic carbocycles. The van der Waals surface area contributed by atoms with Gasteiger partial charge in [0.25, 0.3) is 0 Å². The number of aliphatic hydroxyl groups excluding tert-OH is 1. The molecule has 4 unspecified atom stereocenters. The quantitative estimate of drug-likeness (QED) is 0.195. The van der Waals surface area contributed by atoms with E-state index in [1.54, 1.807) is 0 Å². The van der Waals surface area contributed by atoms with E-state index in [0.29, 0.717) is 5.75 Å². The van der Waals surface area contributed by atoms with Crippen molar-refractivity contribution in [2.75, 3.05) is 18.6 Å². The Hall–Kier alpha value is -2.63. The molecule has 0 saturated heterocycles. The van der Waals surface area contributed by atoms with Crippen LogP contribution in [0.2, 0.25) is 0 Å². The first-order chi connectivity index (χ1) is 16.1. The lowest BCUT2D eigenvalue weighted by atomic mass is 10.0. The van der Waals surface area contributed by atoms with Gasteiger partial charge in [0.1, 0.15) is 18.1 Å². The third-order valence-electron chi connectivity index (χ3n) is 5.02. The Kier molecular flexibility index (Phi) is 13.2. The fourth-order valence-corrected chi connectivity index (χ4v) is 3.65. The molecule has 0 bridgehead atoms. The number of nitrogens with one attached hydrogen (secondary N) is 3. The van der Waals surface area contributed by atoms with Gasteiger partial charge in [0, 0.05) is 0 Å². The topological polar surface area (TPSA) is 171 Å². The SMILES string of the molecule is CSCCC(NC(=O)C(CO)NC(=O)C(CC(C)C)NC(=O)C(N)Cc1ccccc1)C(=O)O. The van der Waals surface area contributed by atoms with E-state index in [4.69, 9.17) is 5.73 Å². The van der Waals surface area contributed by atoms with Crippen molar-refractivity contribution in [3.63, 3.8) is 0 Å². The maximum Gasteiger partial charge on any atom is 0.326 e. The summed E-state index contributed by atoms with van der Waals surface area (Å²) in [6.07, 6.45) is 2.57. The Bertz CT molecular complexity index is 808. The van der Waals surface area contributed by atoms with Crippen molar-refractivity contribution in [3.8, 4) is 0 Å². The molecule has 0 saturated carbocycles. The van der Waals surface area contributed by atoms with Gasteiger partial charge < -0.3 is 31.9 Å². The second-order valence-electron chi connectivity index (χ2n) is 8.41. The van der Waals surface area contributed by atoms with Gasteiger partial charge in [0.2, 0.25) is 17.7 Å². The number of rotatable bonds is 15. The molecule has 0 aliphatic rings. The molecular weight excluding hydrogens is 460 g/mol. The molecule has 3 amide bonds. The first-order valence-corrected chi connectivity index (χ1v) is 12.5. The number of carbonyl (C=O) groups excluding carboxylic acids is 3. The van der Waals surface area contributed by atoms with Crippen molar-refractivity contribution < 1.29 is 29.4 Å². The van der Waals surface area contributed by atoms with Gasteiger partial charge in [0.15, 0.2) is 0 Å². The van der Waals surface area contributed by atoms with E-state index >= 15 is 0 Å². The molecule has 190 valence electrons. The molecule has 0 radical (unpaired) electrons. The van der Waals surface area contributed by atoms with Gasteiger partial charge in [-0.05, 0) is 42.8 Å². The van der Waals surface area contributed by atoms with Crippen LogP contribution in [0.4, 0.5) is 0 Å². The van der Waals surface area contributed by atoms with Gasteiger partial charge in [-0.1, -0.05) is 44.2 Å². The van der Waals surface area contributed by atoms with Crippen molar-refractivity contribution in [2.24, 2.45) is 11.7 Å². The van der Waals surface area contributed by atoms with E-state index in [9.17, 15) is 29.4 Å². The molecule has 0 heterocycles.